The van der Waals surface area contributed by atoms with Crippen molar-refractivity contribution in [2.45, 2.75) is 52.3 Å². The molecule has 1 fully saturated rings. The molecule has 5 heteroatoms. The van der Waals surface area contributed by atoms with Crippen molar-refractivity contribution in [2.75, 3.05) is 13.1 Å². The van der Waals surface area contributed by atoms with E-state index in [0.29, 0.717) is 12.0 Å². The average Bonchev–Trinajstić information content (AvgIpc) is 2.78. The maximum atomic E-state index is 9.59. The van der Waals surface area contributed by atoms with Gasteiger partial charge in [-0.25, -0.2) is 9.67 Å². The molecule has 102 valence electrons. The van der Waals surface area contributed by atoms with E-state index in [9.17, 15) is 5.11 Å². The fraction of sp³-hybridized carbons (Fsp3) is 0.846. The highest BCUT2D eigenvalue weighted by Crippen LogP contribution is 2.21. The van der Waals surface area contributed by atoms with Crippen LogP contribution >= 0.6 is 0 Å². The van der Waals surface area contributed by atoms with Crippen molar-refractivity contribution >= 4 is 0 Å². The molecule has 18 heavy (non-hydrogen) atoms. The minimum absolute atomic E-state index is 0.175. The summed E-state index contributed by atoms with van der Waals surface area (Å²) in [6.07, 6.45) is 3.62. The van der Waals surface area contributed by atoms with Crippen LogP contribution in [0.3, 0.4) is 0 Å². The van der Waals surface area contributed by atoms with Gasteiger partial charge in [-0.3, -0.25) is 4.90 Å². The highest BCUT2D eigenvalue weighted by Gasteiger charge is 2.23. The van der Waals surface area contributed by atoms with Gasteiger partial charge in [0.05, 0.1) is 12.6 Å². The molecular weight excluding hydrogens is 228 g/mol. The first-order chi connectivity index (χ1) is 8.58. The van der Waals surface area contributed by atoms with Crippen LogP contribution in [-0.2, 0) is 6.54 Å². The van der Waals surface area contributed by atoms with Crippen LogP contribution < -0.4 is 0 Å². The van der Waals surface area contributed by atoms with Gasteiger partial charge in [-0.15, -0.1) is 0 Å². The molecule has 0 saturated carbocycles. The van der Waals surface area contributed by atoms with E-state index in [1.54, 1.807) is 6.33 Å². The number of aliphatic hydroxyl groups excluding tert-OH is 1. The quantitative estimate of drug-likeness (QED) is 0.881. The van der Waals surface area contributed by atoms with Gasteiger partial charge in [0.1, 0.15) is 12.2 Å². The SMILES string of the molecule is CC(O)C1CCN(Cc2ncnn2C(C)C)CC1. The van der Waals surface area contributed by atoms with Crippen LogP contribution in [0.4, 0.5) is 0 Å². The summed E-state index contributed by atoms with van der Waals surface area (Å²) < 4.78 is 1.99. The lowest BCUT2D eigenvalue weighted by molar-refractivity contribution is 0.0681. The number of aliphatic hydroxyl groups is 1. The maximum absolute atomic E-state index is 9.59. The number of nitrogens with zero attached hydrogens (tertiary/aromatic N) is 4. The maximum Gasteiger partial charge on any atom is 0.141 e. The number of hydrogen-bond donors (Lipinski definition) is 1. The van der Waals surface area contributed by atoms with Crippen LogP contribution in [0.1, 0.15) is 45.5 Å². The van der Waals surface area contributed by atoms with E-state index in [4.69, 9.17) is 0 Å². The summed E-state index contributed by atoms with van der Waals surface area (Å²) in [6, 6.07) is 0.359. The molecule has 1 saturated heterocycles. The van der Waals surface area contributed by atoms with E-state index >= 15 is 0 Å². The molecule has 1 unspecified atom stereocenters. The van der Waals surface area contributed by atoms with Crippen molar-refractivity contribution in [3.05, 3.63) is 12.2 Å². The normalized spacial score (nSPS) is 20.5. The van der Waals surface area contributed by atoms with Gasteiger partial charge < -0.3 is 5.11 Å². The zero-order chi connectivity index (χ0) is 13.1. The van der Waals surface area contributed by atoms with Gasteiger partial charge in [-0.05, 0) is 52.6 Å². The highest BCUT2D eigenvalue weighted by atomic mass is 16.3. The summed E-state index contributed by atoms with van der Waals surface area (Å²) in [5.41, 5.74) is 0. The molecule has 0 aliphatic carbocycles. The Labute approximate surface area is 109 Å². The molecule has 1 aliphatic rings. The molecule has 1 N–H and O–H groups in total. The summed E-state index contributed by atoms with van der Waals surface area (Å²) in [5, 5.41) is 13.9. The summed E-state index contributed by atoms with van der Waals surface area (Å²) >= 11 is 0. The highest BCUT2D eigenvalue weighted by molar-refractivity contribution is 4.88. The molecular formula is C13H24N4O. The molecule has 1 atom stereocenters. The Balaban J connectivity index is 1.90. The molecule has 0 spiro atoms. The number of piperidine rings is 1. The Bertz CT molecular complexity index is 367. The zero-order valence-electron chi connectivity index (χ0n) is 11.6. The Morgan fingerprint density at radius 3 is 2.56 bits per heavy atom. The van der Waals surface area contributed by atoms with E-state index in [1.165, 1.54) is 0 Å². The van der Waals surface area contributed by atoms with Gasteiger partial charge in [0.15, 0.2) is 0 Å². The van der Waals surface area contributed by atoms with Gasteiger partial charge in [0.25, 0.3) is 0 Å². The molecule has 0 aromatic carbocycles. The van der Waals surface area contributed by atoms with Gasteiger partial charge in [-0.2, -0.15) is 5.10 Å². The summed E-state index contributed by atoms with van der Waals surface area (Å²) in [6.45, 7) is 9.09. The summed E-state index contributed by atoms with van der Waals surface area (Å²) in [7, 11) is 0. The Hall–Kier alpha value is -0.940. The molecule has 0 bridgehead atoms. The van der Waals surface area contributed by atoms with Crippen molar-refractivity contribution in [1.82, 2.24) is 19.7 Å². The van der Waals surface area contributed by atoms with E-state index in [0.717, 1.165) is 38.3 Å². The minimum atomic E-state index is -0.175. The second-order valence-corrected chi connectivity index (χ2v) is 5.57. The topological polar surface area (TPSA) is 54.2 Å². The van der Waals surface area contributed by atoms with Gasteiger partial charge >= 0.3 is 0 Å². The minimum Gasteiger partial charge on any atom is -0.393 e. The molecule has 2 heterocycles. The lowest BCUT2D eigenvalue weighted by Gasteiger charge is -2.33. The van der Waals surface area contributed by atoms with Crippen LogP contribution in [0.25, 0.3) is 0 Å². The molecule has 2 rings (SSSR count). The second kappa shape index (κ2) is 5.80. The molecule has 1 aromatic rings. The van der Waals surface area contributed by atoms with Crippen LogP contribution in [-0.4, -0.2) is 44.0 Å². The lowest BCUT2D eigenvalue weighted by atomic mass is 9.92. The van der Waals surface area contributed by atoms with E-state index in [-0.39, 0.29) is 6.10 Å². The van der Waals surface area contributed by atoms with Crippen molar-refractivity contribution in [1.29, 1.82) is 0 Å². The predicted molar refractivity (Wildman–Crippen MR) is 70.1 cm³/mol. The predicted octanol–water partition coefficient (Wildman–Crippen LogP) is 1.45. The first-order valence-corrected chi connectivity index (χ1v) is 6.86. The molecule has 0 amide bonds. The smallest absolute Gasteiger partial charge is 0.141 e. The molecule has 1 aliphatic heterocycles. The van der Waals surface area contributed by atoms with Crippen molar-refractivity contribution < 1.29 is 5.11 Å². The first-order valence-electron chi connectivity index (χ1n) is 6.86. The number of likely N-dealkylation sites (tertiary alicyclic amines) is 1. The monoisotopic (exact) mass is 252 g/mol. The van der Waals surface area contributed by atoms with Crippen molar-refractivity contribution in [3.8, 4) is 0 Å². The third kappa shape index (κ3) is 3.09. The Morgan fingerprint density at radius 2 is 2.00 bits per heavy atom. The Morgan fingerprint density at radius 1 is 1.33 bits per heavy atom. The summed E-state index contributed by atoms with van der Waals surface area (Å²) in [5.74, 6) is 1.50. The van der Waals surface area contributed by atoms with E-state index in [2.05, 4.69) is 28.8 Å². The summed E-state index contributed by atoms with van der Waals surface area (Å²) in [4.78, 5) is 6.75. The van der Waals surface area contributed by atoms with E-state index < -0.39 is 0 Å². The van der Waals surface area contributed by atoms with Crippen molar-refractivity contribution in [3.63, 3.8) is 0 Å². The largest absolute Gasteiger partial charge is 0.393 e. The number of aromatic nitrogens is 3. The fourth-order valence-electron chi connectivity index (χ4n) is 2.61. The van der Waals surface area contributed by atoms with Crippen LogP contribution in [0.5, 0.6) is 0 Å². The zero-order valence-corrected chi connectivity index (χ0v) is 11.6. The van der Waals surface area contributed by atoms with Crippen LogP contribution in [0, 0.1) is 5.92 Å². The van der Waals surface area contributed by atoms with E-state index in [1.807, 2.05) is 11.6 Å². The van der Waals surface area contributed by atoms with Crippen LogP contribution in [0.15, 0.2) is 6.33 Å². The molecule has 1 aromatic heterocycles. The van der Waals surface area contributed by atoms with Gasteiger partial charge in [0, 0.05) is 6.04 Å². The molecule has 0 radical (unpaired) electrons. The number of rotatable bonds is 4. The lowest BCUT2D eigenvalue weighted by Crippen LogP contribution is -2.37. The fourth-order valence-corrected chi connectivity index (χ4v) is 2.61. The average molecular weight is 252 g/mol. The van der Waals surface area contributed by atoms with Crippen LogP contribution in [0.2, 0.25) is 0 Å². The van der Waals surface area contributed by atoms with Gasteiger partial charge in [0.2, 0.25) is 0 Å². The first kappa shape index (κ1) is 13.5. The standard InChI is InChI=1S/C13H24N4O/c1-10(2)17-13(14-9-15-17)8-16-6-4-12(5-7-16)11(3)18/h9-12,18H,4-8H2,1-3H3. The van der Waals surface area contributed by atoms with Gasteiger partial charge in [-0.1, -0.05) is 0 Å². The third-order valence-corrected chi connectivity index (χ3v) is 3.82. The second-order valence-electron chi connectivity index (χ2n) is 5.57. The molecule has 5 nitrogen and oxygen atoms in total. The van der Waals surface area contributed by atoms with Crippen molar-refractivity contribution in [2.24, 2.45) is 5.92 Å². The Kier molecular flexibility index (Phi) is 4.35. The number of hydrogen-bond acceptors (Lipinski definition) is 4. The third-order valence-electron chi connectivity index (χ3n) is 3.82.